The van der Waals surface area contributed by atoms with Crippen molar-refractivity contribution in [2.24, 2.45) is 0 Å². The lowest BCUT2D eigenvalue weighted by molar-refractivity contribution is 0.577. The van der Waals surface area contributed by atoms with Crippen molar-refractivity contribution in [1.29, 1.82) is 0 Å². The van der Waals surface area contributed by atoms with Gasteiger partial charge in [-0.05, 0) is 18.6 Å². The minimum atomic E-state index is -4.03. The van der Waals surface area contributed by atoms with Crippen molar-refractivity contribution in [1.82, 2.24) is 19.7 Å². The number of pyridine rings is 1. The molecular weight excluding hydrogens is 284 g/mol. The highest BCUT2D eigenvalue weighted by molar-refractivity contribution is 7.89. The smallest absolute Gasteiger partial charge is 0.310 e. The van der Waals surface area contributed by atoms with E-state index in [1.54, 1.807) is 18.3 Å². The molecule has 2 rings (SSSR count). The fraction of sp³-hybridized carbons (Fsp3) is 0.182. The van der Waals surface area contributed by atoms with Gasteiger partial charge in [0, 0.05) is 24.6 Å². The summed E-state index contributed by atoms with van der Waals surface area (Å²) in [7, 11) is -4.03. The molecule has 0 saturated carbocycles. The van der Waals surface area contributed by atoms with Crippen LogP contribution < -0.4 is 16.0 Å². The lowest BCUT2D eigenvalue weighted by Crippen LogP contribution is -2.34. The molecule has 3 N–H and O–H groups in total. The Morgan fingerprint density at radius 3 is 2.65 bits per heavy atom. The molecule has 0 spiro atoms. The van der Waals surface area contributed by atoms with Crippen LogP contribution in [0.25, 0.3) is 0 Å². The first-order valence-corrected chi connectivity index (χ1v) is 7.10. The predicted octanol–water partition coefficient (Wildman–Crippen LogP) is -0.755. The maximum Gasteiger partial charge on any atom is 0.325 e. The molecule has 0 fully saturated rings. The van der Waals surface area contributed by atoms with E-state index in [4.69, 9.17) is 0 Å². The van der Waals surface area contributed by atoms with Gasteiger partial charge in [-0.3, -0.25) is 14.8 Å². The maximum absolute atomic E-state index is 12.1. The summed E-state index contributed by atoms with van der Waals surface area (Å²) < 4.78 is 26.5. The van der Waals surface area contributed by atoms with E-state index in [0.29, 0.717) is 5.56 Å². The standard InChI is InChI=1S/C11H12N4O4S/c1-7-9(10(16)15-11(17)14-7)20(18,19)13-6-8-3-2-4-12-5-8/h2-5,13H,6H2,1H3,(H2,14,15,16,17). The zero-order valence-corrected chi connectivity index (χ0v) is 11.3. The van der Waals surface area contributed by atoms with Crippen LogP contribution in [0, 0.1) is 6.92 Å². The number of nitrogens with one attached hydrogen (secondary N) is 3. The molecule has 20 heavy (non-hydrogen) atoms. The van der Waals surface area contributed by atoms with Crippen molar-refractivity contribution in [3.05, 3.63) is 56.6 Å². The molecule has 0 atom stereocenters. The molecule has 0 aliphatic carbocycles. The highest BCUT2D eigenvalue weighted by Gasteiger charge is 2.21. The van der Waals surface area contributed by atoms with Crippen LogP contribution in [0.2, 0.25) is 0 Å². The third kappa shape index (κ3) is 3.00. The van der Waals surface area contributed by atoms with Crippen LogP contribution in [0.5, 0.6) is 0 Å². The highest BCUT2D eigenvalue weighted by atomic mass is 32.2. The number of hydrogen-bond acceptors (Lipinski definition) is 5. The summed E-state index contributed by atoms with van der Waals surface area (Å²) in [6.07, 6.45) is 3.07. The Labute approximate surface area is 114 Å². The summed E-state index contributed by atoms with van der Waals surface area (Å²) in [6, 6.07) is 3.36. The summed E-state index contributed by atoms with van der Waals surface area (Å²) in [5.41, 5.74) is -1.07. The second-order valence-corrected chi connectivity index (χ2v) is 5.75. The largest absolute Gasteiger partial charge is 0.325 e. The molecule has 0 amide bonds. The van der Waals surface area contributed by atoms with Gasteiger partial charge in [0.2, 0.25) is 10.0 Å². The summed E-state index contributed by atoms with van der Waals surface area (Å²) >= 11 is 0. The van der Waals surface area contributed by atoms with E-state index in [1.165, 1.54) is 13.1 Å². The van der Waals surface area contributed by atoms with Crippen molar-refractivity contribution >= 4 is 10.0 Å². The Morgan fingerprint density at radius 1 is 1.30 bits per heavy atom. The van der Waals surface area contributed by atoms with Gasteiger partial charge in [-0.15, -0.1) is 0 Å². The Kier molecular flexibility index (Phi) is 3.81. The Morgan fingerprint density at radius 2 is 2.05 bits per heavy atom. The van der Waals surface area contributed by atoms with E-state index < -0.39 is 26.2 Å². The molecule has 8 nitrogen and oxygen atoms in total. The summed E-state index contributed by atoms with van der Waals surface area (Å²) in [5, 5.41) is 0. The number of aromatic amines is 2. The Hall–Kier alpha value is -2.26. The van der Waals surface area contributed by atoms with Crippen molar-refractivity contribution < 1.29 is 8.42 Å². The van der Waals surface area contributed by atoms with Crippen molar-refractivity contribution in [2.45, 2.75) is 18.4 Å². The second kappa shape index (κ2) is 5.39. The lowest BCUT2D eigenvalue weighted by atomic mass is 10.3. The quantitative estimate of drug-likeness (QED) is 0.684. The van der Waals surface area contributed by atoms with E-state index in [2.05, 4.69) is 14.7 Å². The molecule has 0 aliphatic heterocycles. The first kappa shape index (κ1) is 14.2. The van der Waals surface area contributed by atoms with Gasteiger partial charge in [-0.2, -0.15) is 0 Å². The third-order valence-electron chi connectivity index (χ3n) is 2.53. The average molecular weight is 296 g/mol. The first-order chi connectivity index (χ1) is 9.40. The summed E-state index contributed by atoms with van der Waals surface area (Å²) in [6.45, 7) is 1.34. The van der Waals surface area contributed by atoms with Gasteiger partial charge in [0.05, 0.1) is 0 Å². The highest BCUT2D eigenvalue weighted by Crippen LogP contribution is 2.06. The van der Waals surface area contributed by atoms with Crippen LogP contribution in [-0.4, -0.2) is 23.4 Å². The molecule has 0 bridgehead atoms. The zero-order chi connectivity index (χ0) is 14.8. The van der Waals surface area contributed by atoms with Crippen molar-refractivity contribution in [3.63, 3.8) is 0 Å². The molecule has 106 valence electrons. The number of rotatable bonds is 4. The first-order valence-electron chi connectivity index (χ1n) is 5.62. The molecule has 0 saturated heterocycles. The van der Waals surface area contributed by atoms with Gasteiger partial charge in [-0.25, -0.2) is 17.9 Å². The lowest BCUT2D eigenvalue weighted by Gasteiger charge is -2.07. The second-order valence-electron chi connectivity index (χ2n) is 4.05. The van der Waals surface area contributed by atoms with Gasteiger partial charge in [0.15, 0.2) is 4.90 Å². The van der Waals surface area contributed by atoms with Crippen LogP contribution in [0.3, 0.4) is 0 Å². The van der Waals surface area contributed by atoms with Gasteiger partial charge in [-0.1, -0.05) is 6.07 Å². The molecule has 2 aromatic rings. The van der Waals surface area contributed by atoms with E-state index in [1.807, 2.05) is 4.98 Å². The topological polar surface area (TPSA) is 125 Å². The molecular formula is C11H12N4O4S. The molecule has 0 aromatic carbocycles. The van der Waals surface area contributed by atoms with Gasteiger partial charge >= 0.3 is 5.69 Å². The summed E-state index contributed by atoms with van der Waals surface area (Å²) in [5.74, 6) is 0. The Bertz CT molecular complexity index is 823. The van der Waals surface area contributed by atoms with Crippen LogP contribution in [0.4, 0.5) is 0 Å². The fourth-order valence-corrected chi connectivity index (χ4v) is 2.92. The average Bonchev–Trinajstić information content (AvgIpc) is 2.36. The minimum absolute atomic E-state index is 0.00577. The van der Waals surface area contributed by atoms with Gasteiger partial charge in [0.25, 0.3) is 5.56 Å². The number of sulfonamides is 1. The normalized spacial score (nSPS) is 11.4. The minimum Gasteiger partial charge on any atom is -0.310 e. The van der Waals surface area contributed by atoms with Crippen LogP contribution in [0.1, 0.15) is 11.3 Å². The predicted molar refractivity (Wildman–Crippen MR) is 70.7 cm³/mol. The number of hydrogen-bond donors (Lipinski definition) is 3. The van der Waals surface area contributed by atoms with Gasteiger partial charge < -0.3 is 4.98 Å². The number of nitrogens with zero attached hydrogens (tertiary/aromatic N) is 1. The van der Waals surface area contributed by atoms with Gasteiger partial charge in [0.1, 0.15) is 0 Å². The number of aromatic nitrogens is 3. The molecule has 0 unspecified atom stereocenters. The number of H-pyrrole nitrogens is 2. The van der Waals surface area contributed by atoms with E-state index in [0.717, 1.165) is 0 Å². The van der Waals surface area contributed by atoms with Crippen molar-refractivity contribution in [3.8, 4) is 0 Å². The van der Waals surface area contributed by atoms with Crippen LogP contribution >= 0.6 is 0 Å². The zero-order valence-electron chi connectivity index (χ0n) is 10.5. The van der Waals surface area contributed by atoms with E-state index in [9.17, 15) is 18.0 Å². The van der Waals surface area contributed by atoms with Crippen LogP contribution in [-0.2, 0) is 16.6 Å². The maximum atomic E-state index is 12.1. The van der Waals surface area contributed by atoms with E-state index in [-0.39, 0.29) is 12.2 Å². The molecule has 0 aliphatic rings. The number of aryl methyl sites for hydroxylation is 1. The van der Waals surface area contributed by atoms with Crippen molar-refractivity contribution in [2.75, 3.05) is 0 Å². The summed E-state index contributed by atoms with van der Waals surface area (Å²) in [4.78, 5) is 30.1. The molecule has 9 heteroatoms. The molecule has 0 radical (unpaired) electrons. The Balaban J connectivity index is 2.32. The SMILES string of the molecule is Cc1[nH]c(=O)[nH]c(=O)c1S(=O)(=O)NCc1cccnc1. The monoisotopic (exact) mass is 296 g/mol. The van der Waals surface area contributed by atoms with Crippen LogP contribution in [0.15, 0.2) is 39.0 Å². The third-order valence-corrected chi connectivity index (χ3v) is 4.09. The fourth-order valence-electron chi connectivity index (χ4n) is 1.67. The molecule has 2 aromatic heterocycles. The van der Waals surface area contributed by atoms with E-state index >= 15 is 0 Å². The molecule has 2 heterocycles.